The smallest absolute Gasteiger partial charge is 0.230 e. The third kappa shape index (κ3) is 1.49. The van der Waals surface area contributed by atoms with Gasteiger partial charge < -0.3 is 10.2 Å². The van der Waals surface area contributed by atoms with E-state index in [-0.39, 0.29) is 5.92 Å². The van der Waals surface area contributed by atoms with Gasteiger partial charge in [0.1, 0.15) is 0 Å². The molecule has 0 radical (unpaired) electrons. The second-order valence-electron chi connectivity index (χ2n) is 5.87. The molecule has 18 heavy (non-hydrogen) atoms. The molecule has 3 heterocycles. The number of hydrogen-bond donors (Lipinski definition) is 1. The Hall–Kier alpha value is -1.13. The van der Waals surface area contributed by atoms with Crippen molar-refractivity contribution in [2.75, 3.05) is 32.7 Å². The second-order valence-corrected chi connectivity index (χ2v) is 5.87. The Kier molecular flexibility index (Phi) is 2.35. The van der Waals surface area contributed by atoms with Gasteiger partial charge in [0.05, 0.1) is 12.0 Å². The van der Waals surface area contributed by atoms with Gasteiger partial charge in [0, 0.05) is 44.7 Å². The highest BCUT2D eigenvalue weighted by Crippen LogP contribution is 2.33. The molecule has 1 N–H and O–H groups in total. The lowest BCUT2D eigenvalue weighted by atomic mass is 9.92. The van der Waals surface area contributed by atoms with Gasteiger partial charge in [-0.25, -0.2) is 0 Å². The van der Waals surface area contributed by atoms with Crippen molar-refractivity contribution >= 4 is 5.91 Å². The van der Waals surface area contributed by atoms with E-state index < -0.39 is 0 Å². The lowest BCUT2D eigenvalue weighted by molar-refractivity contribution is -0.136. The van der Waals surface area contributed by atoms with Crippen LogP contribution in [0.3, 0.4) is 0 Å². The summed E-state index contributed by atoms with van der Waals surface area (Å²) in [4.78, 5) is 17.0. The third-order valence-corrected chi connectivity index (χ3v) is 4.83. The molecule has 3 saturated heterocycles. The van der Waals surface area contributed by atoms with Crippen molar-refractivity contribution in [2.24, 2.45) is 11.8 Å². The number of carbonyl (C=O) groups is 1. The number of hydrogen-bond acceptors (Lipinski definition) is 3. The molecule has 96 valence electrons. The molecule has 0 saturated carbocycles. The number of nitrogens with zero attached hydrogens (tertiary/aromatic N) is 2. The Morgan fingerprint density at radius 1 is 1.06 bits per heavy atom. The molecular formula is C14H19N3O. The summed E-state index contributed by atoms with van der Waals surface area (Å²) in [6.45, 7) is 5.32. The fourth-order valence-electron chi connectivity index (χ4n) is 3.45. The van der Waals surface area contributed by atoms with Gasteiger partial charge in [-0.3, -0.25) is 9.69 Å². The molecular weight excluding hydrogens is 226 g/mol. The first-order valence-electron chi connectivity index (χ1n) is 6.93. The first-order chi connectivity index (χ1) is 8.83. The average molecular weight is 245 g/mol. The van der Waals surface area contributed by atoms with Gasteiger partial charge >= 0.3 is 0 Å². The second kappa shape index (κ2) is 3.93. The summed E-state index contributed by atoms with van der Waals surface area (Å²) in [6, 6.07) is 1.19. The summed E-state index contributed by atoms with van der Waals surface area (Å²) in [5, 5.41) is 3.30. The quantitative estimate of drug-likeness (QED) is 0.734. The molecule has 1 aliphatic carbocycles. The van der Waals surface area contributed by atoms with Crippen molar-refractivity contribution in [3.05, 3.63) is 24.3 Å². The number of nitrogens with one attached hydrogen (secondary N) is 1. The fourth-order valence-corrected chi connectivity index (χ4v) is 3.45. The topological polar surface area (TPSA) is 35.6 Å². The Balaban J connectivity index is 1.40. The highest BCUT2D eigenvalue weighted by molar-refractivity contribution is 5.84. The molecule has 4 rings (SSSR count). The lowest BCUT2D eigenvalue weighted by Crippen LogP contribution is -2.69. The molecule has 0 aromatic carbocycles. The van der Waals surface area contributed by atoms with Crippen LogP contribution in [0.1, 0.15) is 0 Å². The molecule has 1 amide bonds. The van der Waals surface area contributed by atoms with Crippen LogP contribution in [0.2, 0.25) is 0 Å². The third-order valence-electron chi connectivity index (χ3n) is 4.83. The van der Waals surface area contributed by atoms with Crippen LogP contribution >= 0.6 is 0 Å². The molecule has 0 aromatic rings. The molecule has 4 heteroatoms. The van der Waals surface area contributed by atoms with Gasteiger partial charge in [-0.1, -0.05) is 24.3 Å². The Bertz CT molecular complexity index is 421. The van der Waals surface area contributed by atoms with Crippen LogP contribution in [0.25, 0.3) is 0 Å². The molecule has 0 aromatic heterocycles. The van der Waals surface area contributed by atoms with Gasteiger partial charge in [0.15, 0.2) is 0 Å². The molecule has 2 unspecified atom stereocenters. The average Bonchev–Trinajstić information content (AvgIpc) is 2.59. The first kappa shape index (κ1) is 10.8. The highest BCUT2D eigenvalue weighted by atomic mass is 16.2. The van der Waals surface area contributed by atoms with E-state index >= 15 is 0 Å². The number of carbonyl (C=O) groups excluding carboxylic acids is 1. The predicted molar refractivity (Wildman–Crippen MR) is 69.0 cm³/mol. The molecule has 3 fully saturated rings. The van der Waals surface area contributed by atoms with Crippen LogP contribution in [0.5, 0.6) is 0 Å². The van der Waals surface area contributed by atoms with Gasteiger partial charge in [0.2, 0.25) is 5.91 Å². The number of likely N-dealkylation sites (tertiary alicyclic amines) is 2. The zero-order valence-corrected chi connectivity index (χ0v) is 10.5. The minimum atomic E-state index is 0.120. The lowest BCUT2D eigenvalue weighted by Gasteiger charge is -2.50. The SMILES string of the molecule is O=C1C2C=CC=CC2CN1C1CN(C2CNC2)C1. The van der Waals surface area contributed by atoms with Crippen molar-refractivity contribution in [3.63, 3.8) is 0 Å². The zero-order valence-electron chi connectivity index (χ0n) is 10.5. The summed E-state index contributed by atoms with van der Waals surface area (Å²) in [7, 11) is 0. The largest absolute Gasteiger partial charge is 0.336 e. The molecule has 0 spiro atoms. The standard InChI is InChI=1S/C14H19N3O/c18-14-13-4-2-1-3-10(13)7-17(14)12-8-16(9-12)11-5-15-6-11/h1-4,10-13,15H,5-9H2. The normalized spacial score (nSPS) is 36.7. The monoisotopic (exact) mass is 245 g/mol. The first-order valence-corrected chi connectivity index (χ1v) is 6.93. The van der Waals surface area contributed by atoms with E-state index in [9.17, 15) is 4.79 Å². The fraction of sp³-hybridized carbons (Fsp3) is 0.643. The van der Waals surface area contributed by atoms with Crippen LogP contribution in [0.4, 0.5) is 0 Å². The van der Waals surface area contributed by atoms with E-state index in [0.717, 1.165) is 38.8 Å². The van der Waals surface area contributed by atoms with Crippen molar-refractivity contribution < 1.29 is 4.79 Å². The summed E-state index contributed by atoms with van der Waals surface area (Å²) >= 11 is 0. The van der Waals surface area contributed by atoms with E-state index in [0.29, 0.717) is 17.9 Å². The number of allylic oxidation sites excluding steroid dienone is 2. The van der Waals surface area contributed by atoms with Gasteiger partial charge in [-0.15, -0.1) is 0 Å². The van der Waals surface area contributed by atoms with E-state index in [4.69, 9.17) is 0 Å². The Labute approximate surface area is 107 Å². The maximum absolute atomic E-state index is 12.3. The molecule has 0 bridgehead atoms. The van der Waals surface area contributed by atoms with Crippen LogP contribution in [-0.2, 0) is 4.79 Å². The number of fused-ring (bicyclic) bond motifs is 1. The van der Waals surface area contributed by atoms with Crippen molar-refractivity contribution in [2.45, 2.75) is 12.1 Å². The summed E-state index contributed by atoms with van der Waals surface area (Å²) in [5.41, 5.74) is 0. The molecule has 2 atom stereocenters. The zero-order chi connectivity index (χ0) is 12.1. The molecule has 4 nitrogen and oxygen atoms in total. The van der Waals surface area contributed by atoms with Gasteiger partial charge in [0.25, 0.3) is 0 Å². The van der Waals surface area contributed by atoms with E-state index in [1.54, 1.807) is 0 Å². The highest BCUT2D eigenvalue weighted by Gasteiger charge is 2.46. The van der Waals surface area contributed by atoms with Crippen molar-refractivity contribution in [1.82, 2.24) is 15.1 Å². The number of rotatable bonds is 2. The van der Waals surface area contributed by atoms with Crippen LogP contribution in [-0.4, -0.2) is 60.5 Å². The van der Waals surface area contributed by atoms with Crippen LogP contribution in [0.15, 0.2) is 24.3 Å². The van der Waals surface area contributed by atoms with Crippen molar-refractivity contribution in [3.8, 4) is 0 Å². The minimum absolute atomic E-state index is 0.120. The van der Waals surface area contributed by atoms with E-state index in [1.165, 1.54) is 0 Å². The number of amides is 1. The van der Waals surface area contributed by atoms with E-state index in [2.05, 4.69) is 33.3 Å². The van der Waals surface area contributed by atoms with Gasteiger partial charge in [-0.05, 0) is 0 Å². The van der Waals surface area contributed by atoms with Gasteiger partial charge in [-0.2, -0.15) is 0 Å². The summed E-state index contributed by atoms with van der Waals surface area (Å²) < 4.78 is 0. The maximum Gasteiger partial charge on any atom is 0.230 e. The molecule has 4 aliphatic rings. The minimum Gasteiger partial charge on any atom is -0.336 e. The molecule has 3 aliphatic heterocycles. The van der Waals surface area contributed by atoms with Crippen molar-refractivity contribution in [1.29, 1.82) is 0 Å². The Morgan fingerprint density at radius 2 is 1.83 bits per heavy atom. The summed E-state index contributed by atoms with van der Waals surface area (Å²) in [5.74, 6) is 0.883. The van der Waals surface area contributed by atoms with Crippen LogP contribution < -0.4 is 5.32 Å². The Morgan fingerprint density at radius 3 is 2.50 bits per heavy atom. The summed E-state index contributed by atoms with van der Waals surface area (Å²) in [6.07, 6.45) is 8.34. The maximum atomic E-state index is 12.3. The predicted octanol–water partition coefficient (Wildman–Crippen LogP) is -0.157. The van der Waals surface area contributed by atoms with Crippen LogP contribution in [0, 0.1) is 11.8 Å². The van der Waals surface area contributed by atoms with E-state index in [1.807, 2.05) is 6.08 Å².